The summed E-state index contributed by atoms with van der Waals surface area (Å²) in [6.07, 6.45) is -0.919. The first-order chi connectivity index (χ1) is 13.3. The van der Waals surface area contributed by atoms with Crippen LogP contribution in [0.15, 0.2) is 53.4 Å². The molecule has 1 amide bonds. The van der Waals surface area contributed by atoms with Crippen LogP contribution in [0.3, 0.4) is 0 Å². The number of aryl methyl sites for hydroxylation is 1. The van der Waals surface area contributed by atoms with Crippen LogP contribution in [0.5, 0.6) is 5.75 Å². The molecule has 0 radical (unpaired) electrons. The van der Waals surface area contributed by atoms with E-state index in [1.165, 1.54) is 4.31 Å². The lowest BCUT2D eigenvalue weighted by molar-refractivity contribution is -0.127. The van der Waals surface area contributed by atoms with Crippen molar-refractivity contribution in [1.82, 2.24) is 10.2 Å². The second-order valence-electron chi connectivity index (χ2n) is 7.02. The van der Waals surface area contributed by atoms with E-state index in [4.69, 9.17) is 4.74 Å². The number of anilines is 1. The van der Waals surface area contributed by atoms with E-state index < -0.39 is 16.1 Å². The fourth-order valence-corrected chi connectivity index (χ4v) is 4.40. The zero-order valence-corrected chi connectivity index (χ0v) is 17.1. The van der Waals surface area contributed by atoms with E-state index in [-0.39, 0.29) is 17.3 Å². The zero-order chi connectivity index (χ0) is 20.3. The van der Waals surface area contributed by atoms with Crippen molar-refractivity contribution in [3.05, 3.63) is 54.1 Å². The molecule has 8 heteroatoms. The highest BCUT2D eigenvalue weighted by atomic mass is 32.2. The van der Waals surface area contributed by atoms with Crippen molar-refractivity contribution >= 4 is 21.6 Å². The summed E-state index contributed by atoms with van der Waals surface area (Å²) < 4.78 is 33.6. The molecule has 1 N–H and O–H groups in total. The third kappa shape index (κ3) is 4.28. The number of nitrogens with one attached hydrogen (secondary N) is 1. The van der Waals surface area contributed by atoms with Crippen molar-refractivity contribution in [2.24, 2.45) is 0 Å². The SMILES string of the molecule is Cc1ccc(S(=O)(=O)N2CC(C(=O)NCCN(C)C)Oc3ccccc32)cc1. The number of nitrogens with zero attached hydrogens (tertiary/aromatic N) is 2. The lowest BCUT2D eigenvalue weighted by atomic mass is 10.2. The number of rotatable bonds is 6. The van der Waals surface area contributed by atoms with Gasteiger partial charge in [0, 0.05) is 13.1 Å². The van der Waals surface area contributed by atoms with Crippen LogP contribution in [0, 0.1) is 6.92 Å². The van der Waals surface area contributed by atoms with E-state index in [1.807, 2.05) is 25.9 Å². The molecule has 2 aromatic carbocycles. The molecule has 3 rings (SSSR count). The maximum atomic E-state index is 13.3. The van der Waals surface area contributed by atoms with E-state index >= 15 is 0 Å². The van der Waals surface area contributed by atoms with Gasteiger partial charge in [-0.1, -0.05) is 29.8 Å². The molecule has 0 aromatic heterocycles. The normalized spacial score (nSPS) is 16.4. The van der Waals surface area contributed by atoms with Gasteiger partial charge in [-0.25, -0.2) is 8.42 Å². The lowest BCUT2D eigenvalue weighted by Crippen LogP contribution is -2.51. The van der Waals surface area contributed by atoms with Gasteiger partial charge in [-0.3, -0.25) is 9.10 Å². The van der Waals surface area contributed by atoms with E-state index in [0.717, 1.165) is 5.56 Å². The van der Waals surface area contributed by atoms with Gasteiger partial charge in [-0.05, 0) is 45.3 Å². The third-order valence-corrected chi connectivity index (χ3v) is 6.29. The van der Waals surface area contributed by atoms with Crippen LogP contribution in [-0.2, 0) is 14.8 Å². The fourth-order valence-electron chi connectivity index (χ4n) is 2.92. The van der Waals surface area contributed by atoms with Gasteiger partial charge in [0.2, 0.25) is 0 Å². The summed E-state index contributed by atoms with van der Waals surface area (Å²) in [5.41, 5.74) is 1.40. The summed E-state index contributed by atoms with van der Waals surface area (Å²) in [6.45, 7) is 2.95. The fraction of sp³-hybridized carbons (Fsp3) is 0.350. The monoisotopic (exact) mass is 403 g/mol. The van der Waals surface area contributed by atoms with Crippen molar-refractivity contribution in [2.75, 3.05) is 38.0 Å². The Balaban J connectivity index is 1.89. The first-order valence-corrected chi connectivity index (χ1v) is 10.5. The van der Waals surface area contributed by atoms with Crippen LogP contribution in [-0.4, -0.2) is 59.1 Å². The number of carbonyl (C=O) groups is 1. The molecule has 1 aliphatic heterocycles. The standard InChI is InChI=1S/C20H25N3O4S/c1-15-8-10-16(11-9-15)28(25,26)23-14-19(20(24)21-12-13-22(2)3)27-18-7-5-4-6-17(18)23/h4-11,19H,12-14H2,1-3H3,(H,21,24). The Morgan fingerprint density at radius 3 is 2.54 bits per heavy atom. The van der Waals surface area contributed by atoms with E-state index in [0.29, 0.717) is 24.5 Å². The lowest BCUT2D eigenvalue weighted by Gasteiger charge is -2.34. The largest absolute Gasteiger partial charge is 0.476 e. The molecule has 0 spiro atoms. The molecule has 0 saturated carbocycles. The average Bonchev–Trinajstić information content (AvgIpc) is 2.67. The minimum Gasteiger partial charge on any atom is -0.476 e. The summed E-state index contributed by atoms with van der Waals surface area (Å²) >= 11 is 0. The number of ether oxygens (including phenoxy) is 1. The number of hydrogen-bond acceptors (Lipinski definition) is 5. The second kappa shape index (κ2) is 8.20. The summed E-state index contributed by atoms with van der Waals surface area (Å²) in [5.74, 6) is 0.0395. The predicted molar refractivity (Wildman–Crippen MR) is 108 cm³/mol. The summed E-state index contributed by atoms with van der Waals surface area (Å²) in [4.78, 5) is 14.7. The van der Waals surface area contributed by atoms with Crippen molar-refractivity contribution in [2.45, 2.75) is 17.9 Å². The predicted octanol–water partition coefficient (Wildman–Crippen LogP) is 1.63. The molecule has 0 saturated heterocycles. The molecule has 1 heterocycles. The Morgan fingerprint density at radius 1 is 1.18 bits per heavy atom. The van der Waals surface area contributed by atoms with Crippen LogP contribution in [0.25, 0.3) is 0 Å². The number of benzene rings is 2. The first kappa shape index (κ1) is 20.2. The van der Waals surface area contributed by atoms with E-state index in [9.17, 15) is 13.2 Å². The Morgan fingerprint density at radius 2 is 1.86 bits per heavy atom. The number of para-hydroxylation sites is 2. The molecule has 1 unspecified atom stereocenters. The van der Waals surface area contributed by atoms with Gasteiger partial charge in [-0.15, -0.1) is 0 Å². The average molecular weight is 404 g/mol. The quantitative estimate of drug-likeness (QED) is 0.793. The number of hydrogen-bond donors (Lipinski definition) is 1. The van der Waals surface area contributed by atoms with Gasteiger partial charge in [0.25, 0.3) is 15.9 Å². The summed E-state index contributed by atoms with van der Waals surface area (Å²) in [6, 6.07) is 13.5. The van der Waals surface area contributed by atoms with Gasteiger partial charge in [0.1, 0.15) is 5.75 Å². The minimum atomic E-state index is -3.83. The van der Waals surface area contributed by atoms with Crippen molar-refractivity contribution in [1.29, 1.82) is 0 Å². The number of likely N-dealkylation sites (N-methyl/N-ethyl adjacent to an activating group) is 1. The Kier molecular flexibility index (Phi) is 5.90. The first-order valence-electron chi connectivity index (χ1n) is 9.06. The Bertz CT molecular complexity index is 942. The van der Waals surface area contributed by atoms with Crippen molar-refractivity contribution in [3.8, 4) is 5.75 Å². The van der Waals surface area contributed by atoms with Crippen LogP contribution >= 0.6 is 0 Å². The molecule has 1 aliphatic rings. The van der Waals surface area contributed by atoms with Crippen molar-refractivity contribution in [3.63, 3.8) is 0 Å². The molecule has 1 atom stereocenters. The molecule has 0 aliphatic carbocycles. The van der Waals surface area contributed by atoms with Crippen LogP contribution in [0.1, 0.15) is 5.56 Å². The van der Waals surface area contributed by atoms with Crippen LogP contribution in [0.2, 0.25) is 0 Å². The maximum Gasteiger partial charge on any atom is 0.264 e. The van der Waals surface area contributed by atoms with Crippen molar-refractivity contribution < 1.29 is 17.9 Å². The molecule has 28 heavy (non-hydrogen) atoms. The van der Waals surface area contributed by atoms with E-state index in [2.05, 4.69) is 5.32 Å². The third-order valence-electron chi connectivity index (χ3n) is 4.49. The Labute approximate surface area is 166 Å². The minimum absolute atomic E-state index is 0.0823. The molecule has 150 valence electrons. The molecule has 2 aromatic rings. The highest BCUT2D eigenvalue weighted by molar-refractivity contribution is 7.92. The van der Waals surface area contributed by atoms with E-state index in [1.54, 1.807) is 48.5 Å². The number of carbonyl (C=O) groups excluding carboxylic acids is 1. The highest BCUT2D eigenvalue weighted by Crippen LogP contribution is 2.36. The zero-order valence-electron chi connectivity index (χ0n) is 16.3. The smallest absolute Gasteiger partial charge is 0.264 e. The molecule has 7 nitrogen and oxygen atoms in total. The Hall–Kier alpha value is -2.58. The number of fused-ring (bicyclic) bond motifs is 1. The van der Waals surface area contributed by atoms with Gasteiger partial charge in [-0.2, -0.15) is 0 Å². The number of amides is 1. The molecule has 0 bridgehead atoms. The second-order valence-corrected chi connectivity index (χ2v) is 8.88. The molecular weight excluding hydrogens is 378 g/mol. The van der Waals surface area contributed by atoms with Gasteiger partial charge in [0.05, 0.1) is 17.1 Å². The maximum absolute atomic E-state index is 13.3. The highest BCUT2D eigenvalue weighted by Gasteiger charge is 2.37. The topological polar surface area (TPSA) is 79.0 Å². The van der Waals surface area contributed by atoms with Gasteiger partial charge < -0.3 is 15.0 Å². The summed E-state index contributed by atoms with van der Waals surface area (Å²) in [5, 5.41) is 2.81. The van der Waals surface area contributed by atoms with Crippen LogP contribution in [0.4, 0.5) is 5.69 Å². The summed E-state index contributed by atoms with van der Waals surface area (Å²) in [7, 11) is -0.00328. The number of sulfonamides is 1. The van der Waals surface area contributed by atoms with Crippen LogP contribution < -0.4 is 14.4 Å². The van der Waals surface area contributed by atoms with Gasteiger partial charge >= 0.3 is 0 Å². The molecule has 0 fully saturated rings. The molecular formula is C20H25N3O4S. The van der Waals surface area contributed by atoms with Gasteiger partial charge in [0.15, 0.2) is 6.10 Å².